The lowest BCUT2D eigenvalue weighted by molar-refractivity contribution is -0.385. The molecule has 5 nitrogen and oxygen atoms in total. The summed E-state index contributed by atoms with van der Waals surface area (Å²) >= 11 is 1.08. The lowest BCUT2D eigenvalue weighted by atomic mass is 10.2. The normalized spacial score (nSPS) is 9.24. The second-order valence-corrected chi connectivity index (χ2v) is 4.19. The molecule has 0 saturated heterocycles. The summed E-state index contributed by atoms with van der Waals surface area (Å²) in [5.41, 5.74) is 0.117. The van der Waals surface area contributed by atoms with Gasteiger partial charge in [-0.25, -0.2) is 0 Å². The Kier molecular flexibility index (Phi) is 4.55. The van der Waals surface area contributed by atoms with Gasteiger partial charge in [-0.1, -0.05) is 23.6 Å². The van der Waals surface area contributed by atoms with Crippen molar-refractivity contribution in [1.29, 1.82) is 0 Å². The molecule has 0 aliphatic heterocycles. The van der Waals surface area contributed by atoms with Gasteiger partial charge in [-0.05, 0) is 6.07 Å². The third kappa shape index (κ3) is 4.17. The number of nitrogens with zero attached hydrogens (tertiary/aromatic N) is 1. The van der Waals surface area contributed by atoms with Gasteiger partial charge in [0.1, 0.15) is 0 Å². The van der Waals surface area contributed by atoms with E-state index in [1.807, 2.05) is 0 Å². The molecule has 0 heterocycles. The van der Waals surface area contributed by atoms with Gasteiger partial charge in [0.2, 0.25) is 0 Å². The first kappa shape index (κ1) is 13.1. The van der Waals surface area contributed by atoms with Crippen molar-refractivity contribution in [1.82, 2.24) is 0 Å². The molecule has 1 aromatic rings. The Labute approximate surface area is 102 Å². The molecule has 0 radical (unpaired) electrons. The molecule has 0 unspecified atom stereocenters. The number of phenolic OH excluding ortho intramolecular Hbond substituents is 1. The molecule has 0 saturated carbocycles. The van der Waals surface area contributed by atoms with Crippen LogP contribution in [0.15, 0.2) is 18.2 Å². The van der Waals surface area contributed by atoms with Gasteiger partial charge >= 0.3 is 5.69 Å². The standard InChI is InChI=1S/C11H9NO4S/c1-8(13)17-6-2-3-9-4-5-10(12(15)16)11(14)7-9/h4-5,7,14H,6H2,1H3. The minimum atomic E-state index is -0.669. The summed E-state index contributed by atoms with van der Waals surface area (Å²) < 4.78 is 0. The van der Waals surface area contributed by atoms with Crippen LogP contribution in [0.2, 0.25) is 0 Å². The van der Waals surface area contributed by atoms with E-state index in [0.717, 1.165) is 11.8 Å². The Balaban J connectivity index is 2.77. The highest BCUT2D eigenvalue weighted by molar-refractivity contribution is 8.13. The third-order valence-electron chi connectivity index (χ3n) is 1.75. The number of nitro groups is 1. The summed E-state index contributed by atoms with van der Waals surface area (Å²) in [6, 6.07) is 3.87. The number of thioether (sulfide) groups is 1. The molecular weight excluding hydrogens is 242 g/mol. The Bertz CT molecular complexity index is 516. The van der Waals surface area contributed by atoms with Crippen molar-refractivity contribution in [2.75, 3.05) is 5.75 Å². The number of carbonyl (C=O) groups is 1. The molecule has 1 aromatic carbocycles. The van der Waals surface area contributed by atoms with Crippen LogP contribution in [0.4, 0.5) is 5.69 Å². The fourth-order valence-electron chi connectivity index (χ4n) is 1.03. The number of phenols is 1. The van der Waals surface area contributed by atoms with Gasteiger partial charge in [-0.15, -0.1) is 0 Å². The first-order chi connectivity index (χ1) is 8.00. The fraction of sp³-hybridized carbons (Fsp3) is 0.182. The number of benzene rings is 1. The van der Waals surface area contributed by atoms with Crippen LogP contribution in [0.5, 0.6) is 5.75 Å². The van der Waals surface area contributed by atoms with E-state index in [9.17, 15) is 20.0 Å². The van der Waals surface area contributed by atoms with Crippen LogP contribution in [0.25, 0.3) is 0 Å². The van der Waals surface area contributed by atoms with Gasteiger partial charge < -0.3 is 5.11 Å². The Morgan fingerprint density at radius 3 is 2.82 bits per heavy atom. The predicted octanol–water partition coefficient (Wildman–Crippen LogP) is 1.93. The van der Waals surface area contributed by atoms with Crippen molar-refractivity contribution in [2.24, 2.45) is 0 Å². The fourth-order valence-corrected chi connectivity index (χ4v) is 1.38. The SMILES string of the molecule is CC(=O)SCC#Cc1ccc([N+](=O)[O-])c(O)c1. The molecule has 0 aliphatic carbocycles. The first-order valence-corrected chi connectivity index (χ1v) is 5.59. The number of hydrogen-bond donors (Lipinski definition) is 1. The number of carbonyl (C=O) groups excluding carboxylic acids is 1. The van der Waals surface area contributed by atoms with Crippen LogP contribution in [-0.2, 0) is 4.79 Å². The van der Waals surface area contributed by atoms with E-state index in [0.29, 0.717) is 11.3 Å². The maximum atomic E-state index is 10.6. The summed E-state index contributed by atoms with van der Waals surface area (Å²) in [7, 11) is 0. The highest BCUT2D eigenvalue weighted by atomic mass is 32.2. The minimum Gasteiger partial charge on any atom is -0.502 e. The molecule has 1 rings (SSSR count). The van der Waals surface area contributed by atoms with Gasteiger partial charge in [-0.2, -0.15) is 0 Å². The molecule has 1 N–H and O–H groups in total. The van der Waals surface area contributed by atoms with E-state index in [4.69, 9.17) is 0 Å². The third-order valence-corrected chi connectivity index (χ3v) is 2.45. The van der Waals surface area contributed by atoms with Crippen molar-refractivity contribution in [2.45, 2.75) is 6.92 Å². The molecule has 0 atom stereocenters. The van der Waals surface area contributed by atoms with Crippen molar-refractivity contribution < 1.29 is 14.8 Å². The number of nitro benzene ring substituents is 1. The van der Waals surface area contributed by atoms with Crippen LogP contribution in [0, 0.1) is 22.0 Å². The molecular formula is C11H9NO4S. The quantitative estimate of drug-likeness (QED) is 0.493. The van der Waals surface area contributed by atoms with E-state index in [1.54, 1.807) is 0 Å². The molecule has 0 bridgehead atoms. The molecule has 0 fully saturated rings. The van der Waals surface area contributed by atoms with Crippen LogP contribution >= 0.6 is 11.8 Å². The van der Waals surface area contributed by atoms with Gasteiger partial charge in [0.05, 0.1) is 10.7 Å². The van der Waals surface area contributed by atoms with Crippen LogP contribution < -0.4 is 0 Å². The minimum absolute atomic E-state index is 0.0224. The van der Waals surface area contributed by atoms with Crippen molar-refractivity contribution in [3.05, 3.63) is 33.9 Å². The van der Waals surface area contributed by atoms with Crippen LogP contribution in [0.1, 0.15) is 12.5 Å². The van der Waals surface area contributed by atoms with Gasteiger partial charge in [-0.3, -0.25) is 14.9 Å². The van der Waals surface area contributed by atoms with Crippen LogP contribution in [0.3, 0.4) is 0 Å². The number of aromatic hydroxyl groups is 1. The molecule has 0 amide bonds. The highest BCUT2D eigenvalue weighted by Gasteiger charge is 2.11. The van der Waals surface area contributed by atoms with Gasteiger partial charge in [0.25, 0.3) is 0 Å². The number of hydrogen-bond acceptors (Lipinski definition) is 5. The smallest absolute Gasteiger partial charge is 0.310 e. The Hall–Kier alpha value is -2.00. The summed E-state index contributed by atoms with van der Waals surface area (Å²) in [6.45, 7) is 1.45. The summed E-state index contributed by atoms with van der Waals surface area (Å²) in [4.78, 5) is 20.4. The lowest BCUT2D eigenvalue weighted by Crippen LogP contribution is -1.88. The van der Waals surface area contributed by atoms with E-state index in [1.165, 1.54) is 25.1 Å². The van der Waals surface area contributed by atoms with Gasteiger partial charge in [0.15, 0.2) is 10.9 Å². The maximum Gasteiger partial charge on any atom is 0.310 e. The molecule has 0 spiro atoms. The Morgan fingerprint density at radius 2 is 2.29 bits per heavy atom. The first-order valence-electron chi connectivity index (χ1n) is 4.60. The summed E-state index contributed by atoms with van der Waals surface area (Å²) in [5, 5.41) is 19.8. The molecule has 0 aliphatic rings. The molecule has 17 heavy (non-hydrogen) atoms. The second kappa shape index (κ2) is 5.92. The summed E-state index contributed by atoms with van der Waals surface area (Å²) in [6.07, 6.45) is 0. The summed E-state index contributed by atoms with van der Waals surface area (Å²) in [5.74, 6) is 5.36. The topological polar surface area (TPSA) is 80.4 Å². The number of rotatable bonds is 2. The molecule has 0 aromatic heterocycles. The van der Waals surface area contributed by atoms with Gasteiger partial charge in [0, 0.05) is 24.6 Å². The van der Waals surface area contributed by atoms with E-state index in [2.05, 4.69) is 11.8 Å². The van der Waals surface area contributed by atoms with Crippen molar-refractivity contribution in [3.8, 4) is 17.6 Å². The van der Waals surface area contributed by atoms with Crippen LogP contribution in [-0.4, -0.2) is 20.9 Å². The largest absolute Gasteiger partial charge is 0.502 e. The van der Waals surface area contributed by atoms with E-state index < -0.39 is 10.7 Å². The Morgan fingerprint density at radius 1 is 1.59 bits per heavy atom. The predicted molar refractivity (Wildman–Crippen MR) is 64.8 cm³/mol. The average Bonchev–Trinajstić information content (AvgIpc) is 2.23. The zero-order chi connectivity index (χ0) is 12.8. The second-order valence-electron chi connectivity index (χ2n) is 3.04. The average molecular weight is 251 g/mol. The maximum absolute atomic E-state index is 10.6. The highest BCUT2D eigenvalue weighted by Crippen LogP contribution is 2.25. The van der Waals surface area contributed by atoms with Crippen molar-refractivity contribution in [3.63, 3.8) is 0 Å². The monoisotopic (exact) mass is 251 g/mol. The zero-order valence-corrected chi connectivity index (χ0v) is 9.78. The molecule has 88 valence electrons. The van der Waals surface area contributed by atoms with Crippen molar-refractivity contribution >= 4 is 22.6 Å². The van der Waals surface area contributed by atoms with E-state index >= 15 is 0 Å². The lowest BCUT2D eigenvalue weighted by Gasteiger charge is -1.95. The molecule has 6 heteroatoms. The van der Waals surface area contributed by atoms with E-state index in [-0.39, 0.29) is 10.8 Å². The zero-order valence-electron chi connectivity index (χ0n) is 8.97.